The SMILES string of the molecule is C=CC[C@H](CN)c1ccc(Cl)c(Cl)c1. The normalized spacial score (nSPS) is 12.5. The molecule has 0 aromatic heterocycles. The van der Waals surface area contributed by atoms with E-state index in [1.54, 1.807) is 6.07 Å². The molecule has 0 amide bonds. The molecule has 0 bridgehead atoms. The molecule has 76 valence electrons. The molecule has 2 N–H and O–H groups in total. The highest BCUT2D eigenvalue weighted by molar-refractivity contribution is 6.42. The predicted octanol–water partition coefficient (Wildman–Crippen LogP) is 3.61. The minimum absolute atomic E-state index is 0.280. The summed E-state index contributed by atoms with van der Waals surface area (Å²) in [6.45, 7) is 4.29. The second kappa shape index (κ2) is 5.40. The molecule has 3 heteroatoms. The van der Waals surface area contributed by atoms with E-state index in [1.165, 1.54) is 0 Å². The zero-order valence-electron chi connectivity index (χ0n) is 7.84. The highest BCUT2D eigenvalue weighted by atomic mass is 35.5. The third-order valence-electron chi connectivity index (χ3n) is 2.15. The van der Waals surface area contributed by atoms with Gasteiger partial charge in [0.2, 0.25) is 0 Å². The zero-order chi connectivity index (χ0) is 10.6. The fraction of sp³-hybridized carbons (Fsp3) is 0.273. The van der Waals surface area contributed by atoms with E-state index in [2.05, 4.69) is 6.58 Å². The van der Waals surface area contributed by atoms with E-state index in [0.29, 0.717) is 16.6 Å². The van der Waals surface area contributed by atoms with Crippen molar-refractivity contribution in [3.05, 3.63) is 46.5 Å². The van der Waals surface area contributed by atoms with Crippen LogP contribution < -0.4 is 5.73 Å². The van der Waals surface area contributed by atoms with Crippen LogP contribution >= 0.6 is 23.2 Å². The average molecular weight is 230 g/mol. The van der Waals surface area contributed by atoms with Crippen LogP contribution in [0.5, 0.6) is 0 Å². The van der Waals surface area contributed by atoms with E-state index >= 15 is 0 Å². The standard InChI is InChI=1S/C11H13Cl2N/c1-2-3-9(7-14)8-4-5-10(12)11(13)6-8/h2,4-6,9H,1,3,7,14H2/t9-/m1/s1. The molecule has 0 heterocycles. The topological polar surface area (TPSA) is 26.0 Å². The maximum Gasteiger partial charge on any atom is 0.0595 e. The number of allylic oxidation sites excluding steroid dienone is 1. The fourth-order valence-corrected chi connectivity index (χ4v) is 1.64. The van der Waals surface area contributed by atoms with Crippen molar-refractivity contribution in [2.24, 2.45) is 5.73 Å². The van der Waals surface area contributed by atoms with Gasteiger partial charge in [-0.15, -0.1) is 6.58 Å². The third kappa shape index (κ3) is 2.74. The summed E-state index contributed by atoms with van der Waals surface area (Å²) in [5, 5.41) is 1.15. The predicted molar refractivity (Wildman–Crippen MR) is 63.1 cm³/mol. The van der Waals surface area contributed by atoms with E-state index < -0.39 is 0 Å². The molecule has 0 radical (unpaired) electrons. The Balaban J connectivity index is 2.93. The Hall–Kier alpha value is -0.500. The molecule has 14 heavy (non-hydrogen) atoms. The van der Waals surface area contributed by atoms with Gasteiger partial charge in [0.05, 0.1) is 10.0 Å². The van der Waals surface area contributed by atoms with Crippen molar-refractivity contribution in [1.82, 2.24) is 0 Å². The first kappa shape index (κ1) is 11.6. The number of rotatable bonds is 4. The van der Waals surface area contributed by atoms with Gasteiger partial charge in [-0.05, 0) is 36.6 Å². The number of hydrogen-bond acceptors (Lipinski definition) is 1. The number of nitrogens with two attached hydrogens (primary N) is 1. The summed E-state index contributed by atoms with van der Waals surface area (Å²) in [5.74, 6) is 0.280. The van der Waals surface area contributed by atoms with Crippen LogP contribution in [0.1, 0.15) is 17.9 Å². The Bertz CT molecular complexity index is 323. The van der Waals surface area contributed by atoms with Gasteiger partial charge in [0, 0.05) is 0 Å². The highest BCUT2D eigenvalue weighted by Gasteiger charge is 2.09. The van der Waals surface area contributed by atoms with Crippen LogP contribution in [0.3, 0.4) is 0 Å². The summed E-state index contributed by atoms with van der Waals surface area (Å²) < 4.78 is 0. The van der Waals surface area contributed by atoms with Gasteiger partial charge in [-0.2, -0.15) is 0 Å². The second-order valence-electron chi connectivity index (χ2n) is 3.13. The fourth-order valence-electron chi connectivity index (χ4n) is 1.34. The van der Waals surface area contributed by atoms with Gasteiger partial charge in [0.1, 0.15) is 0 Å². The summed E-state index contributed by atoms with van der Waals surface area (Å²) in [7, 11) is 0. The first-order valence-corrected chi connectivity index (χ1v) is 5.20. The largest absolute Gasteiger partial charge is 0.330 e. The lowest BCUT2D eigenvalue weighted by Gasteiger charge is -2.13. The van der Waals surface area contributed by atoms with Crippen LogP contribution in [-0.2, 0) is 0 Å². The van der Waals surface area contributed by atoms with E-state index in [-0.39, 0.29) is 5.92 Å². The summed E-state index contributed by atoms with van der Waals surface area (Å²) in [4.78, 5) is 0. The van der Waals surface area contributed by atoms with Crippen LogP contribution in [0.2, 0.25) is 10.0 Å². The van der Waals surface area contributed by atoms with Gasteiger partial charge in [-0.25, -0.2) is 0 Å². The van der Waals surface area contributed by atoms with E-state index in [4.69, 9.17) is 28.9 Å². The van der Waals surface area contributed by atoms with E-state index in [0.717, 1.165) is 12.0 Å². The average Bonchev–Trinajstić information content (AvgIpc) is 2.19. The van der Waals surface area contributed by atoms with Crippen molar-refractivity contribution < 1.29 is 0 Å². The van der Waals surface area contributed by atoms with Crippen molar-refractivity contribution in [3.63, 3.8) is 0 Å². The minimum Gasteiger partial charge on any atom is -0.330 e. The maximum absolute atomic E-state index is 5.92. The number of halogens is 2. The van der Waals surface area contributed by atoms with Gasteiger partial charge in [0.15, 0.2) is 0 Å². The quantitative estimate of drug-likeness (QED) is 0.785. The Morgan fingerprint density at radius 2 is 2.07 bits per heavy atom. The summed E-state index contributed by atoms with van der Waals surface area (Å²) in [6, 6.07) is 5.62. The molecule has 1 nitrogen and oxygen atoms in total. The molecule has 0 aliphatic rings. The van der Waals surface area contributed by atoms with Gasteiger partial charge < -0.3 is 5.73 Å². The lowest BCUT2D eigenvalue weighted by Crippen LogP contribution is -2.11. The molecular formula is C11H13Cl2N. The Morgan fingerprint density at radius 1 is 1.36 bits per heavy atom. The second-order valence-corrected chi connectivity index (χ2v) is 3.94. The van der Waals surface area contributed by atoms with Gasteiger partial charge in [-0.1, -0.05) is 35.3 Å². The molecule has 0 spiro atoms. The molecule has 1 aromatic rings. The molecule has 0 aliphatic heterocycles. The molecule has 0 fully saturated rings. The highest BCUT2D eigenvalue weighted by Crippen LogP contribution is 2.27. The van der Waals surface area contributed by atoms with Gasteiger partial charge >= 0.3 is 0 Å². The van der Waals surface area contributed by atoms with Crippen LogP contribution in [-0.4, -0.2) is 6.54 Å². The molecule has 1 rings (SSSR count). The smallest absolute Gasteiger partial charge is 0.0595 e. The molecule has 0 aliphatic carbocycles. The summed E-state index contributed by atoms with van der Waals surface area (Å²) >= 11 is 11.7. The van der Waals surface area contributed by atoms with Gasteiger partial charge in [0.25, 0.3) is 0 Å². The summed E-state index contributed by atoms with van der Waals surface area (Å²) in [5.41, 5.74) is 6.77. The molecular weight excluding hydrogens is 217 g/mol. The van der Waals surface area contributed by atoms with E-state index in [1.807, 2.05) is 18.2 Å². The Kier molecular flexibility index (Phi) is 4.46. The first-order chi connectivity index (χ1) is 6.69. The Labute approximate surface area is 94.5 Å². The first-order valence-electron chi connectivity index (χ1n) is 4.45. The Morgan fingerprint density at radius 3 is 2.57 bits per heavy atom. The molecule has 0 saturated carbocycles. The van der Waals surface area contributed by atoms with Crippen LogP contribution in [0, 0.1) is 0 Å². The number of hydrogen-bond donors (Lipinski definition) is 1. The lowest BCUT2D eigenvalue weighted by atomic mass is 9.96. The monoisotopic (exact) mass is 229 g/mol. The zero-order valence-corrected chi connectivity index (χ0v) is 9.35. The van der Waals surface area contributed by atoms with Crippen LogP contribution in [0.15, 0.2) is 30.9 Å². The molecule has 0 unspecified atom stereocenters. The molecule has 1 atom stereocenters. The van der Waals surface area contributed by atoms with Crippen molar-refractivity contribution in [2.45, 2.75) is 12.3 Å². The molecule has 0 saturated heterocycles. The van der Waals surface area contributed by atoms with Gasteiger partial charge in [-0.3, -0.25) is 0 Å². The van der Waals surface area contributed by atoms with Crippen LogP contribution in [0.25, 0.3) is 0 Å². The van der Waals surface area contributed by atoms with Crippen molar-refractivity contribution in [3.8, 4) is 0 Å². The molecule has 1 aromatic carbocycles. The maximum atomic E-state index is 5.92. The van der Waals surface area contributed by atoms with E-state index in [9.17, 15) is 0 Å². The lowest BCUT2D eigenvalue weighted by molar-refractivity contribution is 0.711. The van der Waals surface area contributed by atoms with Crippen molar-refractivity contribution in [1.29, 1.82) is 0 Å². The van der Waals surface area contributed by atoms with Crippen molar-refractivity contribution in [2.75, 3.05) is 6.54 Å². The third-order valence-corrected chi connectivity index (χ3v) is 2.89. The minimum atomic E-state index is 0.280. The summed E-state index contributed by atoms with van der Waals surface area (Å²) in [6.07, 6.45) is 2.72. The van der Waals surface area contributed by atoms with Crippen molar-refractivity contribution >= 4 is 23.2 Å². The van der Waals surface area contributed by atoms with Crippen LogP contribution in [0.4, 0.5) is 0 Å². The number of benzene rings is 1.